The molecule has 0 aliphatic carbocycles. The van der Waals surface area contributed by atoms with E-state index in [1.165, 1.54) is 5.69 Å². The third kappa shape index (κ3) is 3.30. The fourth-order valence-corrected chi connectivity index (χ4v) is 3.22. The summed E-state index contributed by atoms with van der Waals surface area (Å²) in [7, 11) is 2.18. The molecule has 106 valence electrons. The summed E-state index contributed by atoms with van der Waals surface area (Å²) in [4.78, 5) is 4.89. The van der Waals surface area contributed by atoms with E-state index in [0.717, 1.165) is 24.0 Å². The van der Waals surface area contributed by atoms with Crippen LogP contribution >= 0.6 is 15.9 Å². The Hall–Kier alpha value is -0.580. The van der Waals surface area contributed by atoms with Crippen molar-refractivity contribution in [1.29, 1.82) is 0 Å². The molecule has 1 heterocycles. The number of anilines is 1. The Morgan fingerprint density at radius 1 is 1.32 bits per heavy atom. The smallest absolute Gasteiger partial charge is 0.0544 e. The predicted molar refractivity (Wildman–Crippen MR) is 85.7 cm³/mol. The molecule has 4 heteroatoms. The summed E-state index contributed by atoms with van der Waals surface area (Å²) in [5, 5.41) is 0. The van der Waals surface area contributed by atoms with Crippen molar-refractivity contribution >= 4 is 21.6 Å². The zero-order valence-corrected chi connectivity index (χ0v) is 13.7. The second kappa shape index (κ2) is 5.81. The van der Waals surface area contributed by atoms with Crippen LogP contribution in [-0.2, 0) is 0 Å². The average Bonchev–Trinajstić information content (AvgIpc) is 2.48. The lowest BCUT2D eigenvalue weighted by molar-refractivity contribution is 0.329. The Bertz CT molecular complexity index is 416. The molecule has 1 saturated heterocycles. The van der Waals surface area contributed by atoms with Gasteiger partial charge in [0.1, 0.15) is 0 Å². The maximum atomic E-state index is 6.04. The fourth-order valence-electron chi connectivity index (χ4n) is 2.95. The molecule has 1 aromatic rings. The van der Waals surface area contributed by atoms with Crippen LogP contribution in [0.5, 0.6) is 0 Å². The maximum absolute atomic E-state index is 6.04. The molecular weight excluding hydrogens is 302 g/mol. The van der Waals surface area contributed by atoms with Crippen molar-refractivity contribution in [3.8, 4) is 0 Å². The van der Waals surface area contributed by atoms with E-state index in [4.69, 9.17) is 5.73 Å². The van der Waals surface area contributed by atoms with E-state index < -0.39 is 0 Å². The van der Waals surface area contributed by atoms with Crippen LogP contribution in [0, 0.1) is 0 Å². The topological polar surface area (TPSA) is 32.5 Å². The lowest BCUT2D eigenvalue weighted by atomic mass is 9.95. The third-order valence-electron chi connectivity index (χ3n) is 4.02. The first-order chi connectivity index (χ1) is 8.94. The lowest BCUT2D eigenvalue weighted by Crippen LogP contribution is -2.54. The van der Waals surface area contributed by atoms with Gasteiger partial charge in [-0.3, -0.25) is 0 Å². The molecule has 2 rings (SSSR count). The molecule has 0 bridgehead atoms. The molecule has 1 aromatic carbocycles. The normalized spacial score (nSPS) is 24.3. The molecule has 3 nitrogen and oxygen atoms in total. The monoisotopic (exact) mass is 325 g/mol. The van der Waals surface area contributed by atoms with Gasteiger partial charge >= 0.3 is 0 Å². The molecule has 1 fully saturated rings. The van der Waals surface area contributed by atoms with Crippen LogP contribution in [-0.4, -0.2) is 43.2 Å². The van der Waals surface area contributed by atoms with Gasteiger partial charge in [0.15, 0.2) is 0 Å². The van der Waals surface area contributed by atoms with Crippen LogP contribution in [0.1, 0.15) is 20.3 Å². The molecular formula is C15H24BrN3. The summed E-state index contributed by atoms with van der Waals surface area (Å²) >= 11 is 3.50. The van der Waals surface area contributed by atoms with E-state index >= 15 is 0 Å². The maximum Gasteiger partial charge on any atom is 0.0544 e. The highest BCUT2D eigenvalue weighted by atomic mass is 79.9. The van der Waals surface area contributed by atoms with Gasteiger partial charge in [-0.15, -0.1) is 0 Å². The molecule has 0 radical (unpaired) electrons. The first-order valence-electron chi connectivity index (χ1n) is 6.87. The Morgan fingerprint density at radius 3 is 2.53 bits per heavy atom. The summed E-state index contributed by atoms with van der Waals surface area (Å²) in [6, 6.07) is 8.93. The summed E-state index contributed by atoms with van der Waals surface area (Å²) in [5.41, 5.74) is 7.43. The van der Waals surface area contributed by atoms with Gasteiger partial charge in [-0.05, 0) is 51.6 Å². The molecule has 0 aromatic heterocycles. The van der Waals surface area contributed by atoms with Crippen LogP contribution in [0.2, 0.25) is 0 Å². The first-order valence-corrected chi connectivity index (χ1v) is 7.67. The molecule has 1 aliphatic rings. The number of likely N-dealkylation sites (N-methyl/N-ethyl adjacent to an activating group) is 1. The number of halogens is 1. The summed E-state index contributed by atoms with van der Waals surface area (Å²) in [6.07, 6.45) is 1.15. The van der Waals surface area contributed by atoms with E-state index in [0.29, 0.717) is 12.6 Å². The Kier molecular flexibility index (Phi) is 4.54. The minimum absolute atomic E-state index is 0.128. The predicted octanol–water partition coefficient (Wildman–Crippen LogP) is 2.70. The van der Waals surface area contributed by atoms with Gasteiger partial charge in [-0.2, -0.15) is 0 Å². The van der Waals surface area contributed by atoms with Crippen molar-refractivity contribution in [3.05, 3.63) is 28.7 Å². The minimum atomic E-state index is 0.128. The molecule has 0 spiro atoms. The third-order valence-corrected chi connectivity index (χ3v) is 4.55. The van der Waals surface area contributed by atoms with Crippen molar-refractivity contribution in [2.45, 2.75) is 31.8 Å². The summed E-state index contributed by atoms with van der Waals surface area (Å²) in [5.74, 6) is 0. The summed E-state index contributed by atoms with van der Waals surface area (Å²) in [6.45, 7) is 7.46. The van der Waals surface area contributed by atoms with Gasteiger partial charge in [-0.1, -0.05) is 15.9 Å². The van der Waals surface area contributed by atoms with Gasteiger partial charge in [0.25, 0.3) is 0 Å². The molecule has 1 aliphatic heterocycles. The van der Waals surface area contributed by atoms with Crippen molar-refractivity contribution in [1.82, 2.24) is 4.90 Å². The number of benzene rings is 1. The number of nitrogens with zero attached hydrogens (tertiary/aromatic N) is 2. The standard InChI is InChI=1S/C15H24BrN3/c1-15(2)8-9-18(3)11-14(10-17)19(15)13-6-4-12(16)5-7-13/h4-7,14H,8-11,17H2,1-3H3. The Balaban J connectivity index is 2.38. The highest BCUT2D eigenvalue weighted by molar-refractivity contribution is 9.10. The number of hydrogen-bond acceptors (Lipinski definition) is 3. The lowest BCUT2D eigenvalue weighted by Gasteiger charge is -2.43. The SMILES string of the molecule is CN1CCC(C)(C)N(c2ccc(Br)cc2)C(CN)C1. The largest absolute Gasteiger partial charge is 0.361 e. The molecule has 1 unspecified atom stereocenters. The fraction of sp³-hybridized carbons (Fsp3) is 0.600. The van der Waals surface area contributed by atoms with Crippen LogP contribution in [0.3, 0.4) is 0 Å². The molecule has 0 amide bonds. The van der Waals surface area contributed by atoms with Crippen LogP contribution in [0.4, 0.5) is 5.69 Å². The van der Waals surface area contributed by atoms with Gasteiger partial charge in [0.2, 0.25) is 0 Å². The summed E-state index contributed by atoms with van der Waals surface area (Å²) < 4.78 is 1.12. The second-order valence-corrected chi connectivity index (χ2v) is 6.98. The van der Waals surface area contributed by atoms with Crippen LogP contribution in [0.25, 0.3) is 0 Å². The van der Waals surface area contributed by atoms with Crippen LogP contribution < -0.4 is 10.6 Å². The van der Waals surface area contributed by atoms with Crippen LogP contribution in [0.15, 0.2) is 28.7 Å². The molecule has 19 heavy (non-hydrogen) atoms. The van der Waals surface area contributed by atoms with Crippen molar-refractivity contribution in [3.63, 3.8) is 0 Å². The van der Waals surface area contributed by atoms with E-state index in [1.54, 1.807) is 0 Å². The molecule has 2 N–H and O–H groups in total. The number of hydrogen-bond donors (Lipinski definition) is 1. The Labute approximate surface area is 124 Å². The second-order valence-electron chi connectivity index (χ2n) is 6.06. The van der Waals surface area contributed by atoms with E-state index in [1.807, 2.05) is 0 Å². The van der Waals surface area contributed by atoms with Gasteiger partial charge in [-0.25, -0.2) is 0 Å². The van der Waals surface area contributed by atoms with Gasteiger partial charge < -0.3 is 15.5 Å². The minimum Gasteiger partial charge on any atom is -0.361 e. The first kappa shape index (κ1) is 14.8. The highest BCUT2D eigenvalue weighted by Gasteiger charge is 2.35. The highest BCUT2D eigenvalue weighted by Crippen LogP contribution is 2.32. The van der Waals surface area contributed by atoms with Crippen molar-refractivity contribution in [2.75, 3.05) is 31.6 Å². The quantitative estimate of drug-likeness (QED) is 0.907. The van der Waals surface area contributed by atoms with E-state index in [9.17, 15) is 0 Å². The van der Waals surface area contributed by atoms with Gasteiger partial charge in [0, 0.05) is 35.3 Å². The Morgan fingerprint density at radius 2 is 1.95 bits per heavy atom. The van der Waals surface area contributed by atoms with E-state index in [2.05, 4.69) is 70.9 Å². The zero-order valence-electron chi connectivity index (χ0n) is 12.1. The van der Waals surface area contributed by atoms with Crippen molar-refractivity contribution in [2.24, 2.45) is 5.73 Å². The number of rotatable bonds is 2. The van der Waals surface area contributed by atoms with Gasteiger partial charge in [0.05, 0.1) is 6.04 Å². The molecule has 1 atom stereocenters. The molecule has 0 saturated carbocycles. The average molecular weight is 326 g/mol. The number of nitrogens with two attached hydrogens (primary N) is 1. The van der Waals surface area contributed by atoms with E-state index in [-0.39, 0.29) is 5.54 Å². The zero-order chi connectivity index (χ0) is 14.0. The van der Waals surface area contributed by atoms with Crippen molar-refractivity contribution < 1.29 is 0 Å².